The lowest BCUT2D eigenvalue weighted by Gasteiger charge is -2.21. The van der Waals surface area contributed by atoms with Crippen molar-refractivity contribution in [2.45, 2.75) is 13.8 Å². The summed E-state index contributed by atoms with van der Waals surface area (Å²) in [4.78, 5) is 11.9. The summed E-state index contributed by atoms with van der Waals surface area (Å²) in [6.07, 6.45) is 1.08. The number of carbonyl (C=O) groups is 1. The van der Waals surface area contributed by atoms with Gasteiger partial charge >= 0.3 is 0 Å². The van der Waals surface area contributed by atoms with E-state index in [2.05, 4.69) is 10.0 Å². The first-order valence-corrected chi connectivity index (χ1v) is 7.62. The Morgan fingerprint density at radius 2 is 1.68 bits per heavy atom. The van der Waals surface area contributed by atoms with E-state index >= 15 is 0 Å². The molecule has 0 aliphatic heterocycles. The molecule has 0 fully saturated rings. The molecule has 0 aromatic heterocycles. The third-order valence-corrected chi connectivity index (χ3v) is 3.18. The lowest BCUT2D eigenvalue weighted by molar-refractivity contribution is -0.123. The van der Waals surface area contributed by atoms with Gasteiger partial charge in [0.25, 0.3) is 0 Å². The molecule has 0 heterocycles. The lowest BCUT2D eigenvalue weighted by atomic mass is 9.92. The van der Waals surface area contributed by atoms with Crippen molar-refractivity contribution in [3.63, 3.8) is 0 Å². The van der Waals surface area contributed by atoms with E-state index in [9.17, 15) is 13.2 Å². The van der Waals surface area contributed by atoms with Gasteiger partial charge in [0.15, 0.2) is 0 Å². The quantitative estimate of drug-likeness (QED) is 0.750. The number of amides is 1. The van der Waals surface area contributed by atoms with Crippen molar-refractivity contribution < 1.29 is 13.2 Å². The molecule has 19 heavy (non-hydrogen) atoms. The van der Waals surface area contributed by atoms with Gasteiger partial charge in [-0.3, -0.25) is 9.52 Å². The first-order chi connectivity index (χ1) is 8.64. The number of hydrogen-bond acceptors (Lipinski definition) is 4. The number of nitrogens with two attached hydrogens (primary N) is 1. The molecule has 0 saturated heterocycles. The first-order valence-electron chi connectivity index (χ1n) is 5.73. The zero-order valence-corrected chi connectivity index (χ0v) is 12.0. The van der Waals surface area contributed by atoms with Gasteiger partial charge in [-0.1, -0.05) is 0 Å². The van der Waals surface area contributed by atoms with E-state index in [0.29, 0.717) is 11.4 Å². The summed E-state index contributed by atoms with van der Waals surface area (Å²) in [6.45, 7) is 3.75. The Hall–Kier alpha value is -1.60. The predicted octanol–water partition coefficient (Wildman–Crippen LogP) is 0.981. The molecule has 1 aromatic rings. The molecule has 1 amide bonds. The fraction of sp³-hybridized carbons (Fsp3) is 0.417. The molecule has 6 nitrogen and oxygen atoms in total. The van der Waals surface area contributed by atoms with Crippen LogP contribution in [0.1, 0.15) is 13.8 Å². The summed E-state index contributed by atoms with van der Waals surface area (Å²) >= 11 is 0. The van der Waals surface area contributed by atoms with Crippen LogP contribution in [0, 0.1) is 5.41 Å². The van der Waals surface area contributed by atoms with Gasteiger partial charge < -0.3 is 11.1 Å². The number of anilines is 2. The highest BCUT2D eigenvalue weighted by atomic mass is 32.2. The maximum absolute atomic E-state index is 11.9. The van der Waals surface area contributed by atoms with Gasteiger partial charge in [-0.25, -0.2) is 8.42 Å². The van der Waals surface area contributed by atoms with Gasteiger partial charge in [0.05, 0.1) is 11.7 Å². The van der Waals surface area contributed by atoms with E-state index in [0.717, 1.165) is 6.26 Å². The fourth-order valence-electron chi connectivity index (χ4n) is 1.23. The van der Waals surface area contributed by atoms with Gasteiger partial charge in [0.1, 0.15) is 0 Å². The maximum atomic E-state index is 11.9. The van der Waals surface area contributed by atoms with Crippen LogP contribution in [0.4, 0.5) is 11.4 Å². The number of hydrogen-bond donors (Lipinski definition) is 3. The highest BCUT2D eigenvalue weighted by molar-refractivity contribution is 7.92. The lowest BCUT2D eigenvalue weighted by Crippen LogP contribution is -2.37. The van der Waals surface area contributed by atoms with Crippen molar-refractivity contribution in [1.82, 2.24) is 0 Å². The third kappa shape index (κ3) is 4.88. The molecule has 1 rings (SSSR count). The molecule has 0 aliphatic rings. The normalized spacial score (nSPS) is 12.0. The highest BCUT2D eigenvalue weighted by Crippen LogP contribution is 2.19. The monoisotopic (exact) mass is 285 g/mol. The standard InChI is InChI=1S/C12H19N3O3S/c1-12(2,8-13)11(16)14-9-4-6-10(7-5-9)15-19(3,17)18/h4-7,15H,8,13H2,1-3H3,(H,14,16). The second-order valence-electron chi connectivity index (χ2n) is 4.99. The van der Waals surface area contributed by atoms with Crippen molar-refractivity contribution in [2.24, 2.45) is 11.1 Å². The Morgan fingerprint density at radius 3 is 2.11 bits per heavy atom. The number of carbonyl (C=O) groups excluding carboxylic acids is 1. The number of nitrogens with one attached hydrogen (secondary N) is 2. The van der Waals surface area contributed by atoms with Gasteiger partial charge in [-0.15, -0.1) is 0 Å². The molecule has 0 atom stereocenters. The maximum Gasteiger partial charge on any atom is 0.231 e. The van der Waals surface area contributed by atoms with E-state index in [1.807, 2.05) is 0 Å². The SMILES string of the molecule is CC(C)(CN)C(=O)Nc1ccc(NS(C)(=O)=O)cc1. The second kappa shape index (κ2) is 5.58. The summed E-state index contributed by atoms with van der Waals surface area (Å²) in [6, 6.07) is 6.40. The summed E-state index contributed by atoms with van der Waals surface area (Å²) < 4.78 is 24.4. The van der Waals surface area contributed by atoms with Crippen LogP contribution in [-0.2, 0) is 14.8 Å². The molecule has 0 unspecified atom stereocenters. The van der Waals surface area contributed by atoms with E-state index < -0.39 is 15.4 Å². The van der Waals surface area contributed by atoms with E-state index in [1.54, 1.807) is 38.1 Å². The van der Waals surface area contributed by atoms with Crippen LogP contribution in [0.15, 0.2) is 24.3 Å². The fourth-order valence-corrected chi connectivity index (χ4v) is 1.79. The average Bonchev–Trinajstić information content (AvgIpc) is 2.29. The highest BCUT2D eigenvalue weighted by Gasteiger charge is 2.25. The smallest absolute Gasteiger partial charge is 0.231 e. The third-order valence-electron chi connectivity index (χ3n) is 2.57. The van der Waals surface area contributed by atoms with Gasteiger partial charge in [0.2, 0.25) is 15.9 Å². The van der Waals surface area contributed by atoms with Crippen LogP contribution in [0.5, 0.6) is 0 Å². The molecule has 7 heteroatoms. The Morgan fingerprint density at radius 1 is 1.21 bits per heavy atom. The van der Waals surface area contributed by atoms with Crippen molar-refractivity contribution in [2.75, 3.05) is 22.8 Å². The van der Waals surface area contributed by atoms with Gasteiger partial charge in [-0.05, 0) is 38.1 Å². The predicted molar refractivity (Wildman–Crippen MR) is 76.4 cm³/mol. The Balaban J connectivity index is 2.75. The first kappa shape index (κ1) is 15.5. The minimum atomic E-state index is -3.29. The van der Waals surface area contributed by atoms with Gasteiger partial charge in [0, 0.05) is 17.9 Å². The van der Waals surface area contributed by atoms with Crippen LogP contribution >= 0.6 is 0 Å². The molecule has 0 saturated carbocycles. The van der Waals surface area contributed by atoms with Crippen LogP contribution in [0.3, 0.4) is 0 Å². The van der Waals surface area contributed by atoms with Crippen LogP contribution in [0.2, 0.25) is 0 Å². The zero-order chi connectivity index (χ0) is 14.7. The second-order valence-corrected chi connectivity index (χ2v) is 6.74. The van der Waals surface area contributed by atoms with Crippen molar-refractivity contribution in [3.05, 3.63) is 24.3 Å². The van der Waals surface area contributed by atoms with Gasteiger partial charge in [-0.2, -0.15) is 0 Å². The molecule has 0 radical (unpaired) electrons. The van der Waals surface area contributed by atoms with Crippen molar-refractivity contribution >= 4 is 27.3 Å². The number of sulfonamides is 1. The van der Waals surface area contributed by atoms with Crippen LogP contribution < -0.4 is 15.8 Å². The topological polar surface area (TPSA) is 101 Å². The van der Waals surface area contributed by atoms with Crippen LogP contribution in [-0.4, -0.2) is 27.1 Å². The largest absolute Gasteiger partial charge is 0.329 e. The minimum Gasteiger partial charge on any atom is -0.329 e. The average molecular weight is 285 g/mol. The van der Waals surface area contributed by atoms with Crippen molar-refractivity contribution in [3.8, 4) is 0 Å². The Kier molecular flexibility index (Phi) is 4.54. The molecule has 1 aromatic carbocycles. The summed E-state index contributed by atoms with van der Waals surface area (Å²) in [5, 5.41) is 2.73. The summed E-state index contributed by atoms with van der Waals surface area (Å²) in [5.74, 6) is -0.182. The summed E-state index contributed by atoms with van der Waals surface area (Å²) in [7, 11) is -3.29. The molecule has 0 spiro atoms. The van der Waals surface area contributed by atoms with E-state index in [4.69, 9.17) is 5.73 Å². The molecular formula is C12H19N3O3S. The summed E-state index contributed by atoms with van der Waals surface area (Å²) in [5.41, 5.74) is 5.90. The molecule has 106 valence electrons. The Bertz CT molecular complexity index is 550. The molecular weight excluding hydrogens is 266 g/mol. The minimum absolute atomic E-state index is 0.182. The molecule has 0 bridgehead atoms. The molecule has 4 N–H and O–H groups in total. The van der Waals surface area contributed by atoms with Crippen molar-refractivity contribution in [1.29, 1.82) is 0 Å². The van der Waals surface area contributed by atoms with E-state index in [-0.39, 0.29) is 12.5 Å². The van der Waals surface area contributed by atoms with Crippen LogP contribution in [0.25, 0.3) is 0 Å². The number of rotatable bonds is 5. The van der Waals surface area contributed by atoms with E-state index in [1.165, 1.54) is 0 Å². The zero-order valence-electron chi connectivity index (χ0n) is 11.2. The molecule has 0 aliphatic carbocycles. The number of benzene rings is 1. The Labute approximate surface area is 113 Å².